The van der Waals surface area contributed by atoms with E-state index in [1.165, 1.54) is 6.33 Å². The predicted molar refractivity (Wildman–Crippen MR) is 114 cm³/mol. The number of hydrogen-bond donors (Lipinski definition) is 2. The summed E-state index contributed by atoms with van der Waals surface area (Å²) in [5.74, 6) is 0.881. The van der Waals surface area contributed by atoms with Crippen LogP contribution in [0.3, 0.4) is 0 Å². The third-order valence-electron chi connectivity index (χ3n) is 5.23. The number of anilines is 2. The van der Waals surface area contributed by atoms with Crippen LogP contribution in [-0.4, -0.2) is 34.9 Å². The zero-order valence-electron chi connectivity index (χ0n) is 17.0. The summed E-state index contributed by atoms with van der Waals surface area (Å²) >= 11 is 0. The number of ether oxygens (including phenoxy) is 2. The van der Waals surface area contributed by atoms with Crippen molar-refractivity contribution < 1.29 is 14.3 Å². The van der Waals surface area contributed by atoms with Gasteiger partial charge in [0, 0.05) is 11.4 Å². The standard InChI is InChI=1S/C22H23N5O3/c1-13-7-5-6-8-16(13)26-21(28)19-14(2)25-22-23-12-24-27(22)20(19)15-9-10-17(29-3)18(11-15)30-4/h5-12,19-20H,2H2,1,3-4H3,(H,26,28)(H,23,24,25)/t19-,20-/m1/s1. The Balaban J connectivity index is 1.77. The molecule has 1 amide bonds. The number of para-hydroxylation sites is 1. The summed E-state index contributed by atoms with van der Waals surface area (Å²) in [4.78, 5) is 17.6. The molecule has 0 saturated carbocycles. The average molecular weight is 405 g/mol. The van der Waals surface area contributed by atoms with Crippen molar-refractivity contribution in [3.05, 3.63) is 72.2 Å². The quantitative estimate of drug-likeness (QED) is 0.676. The molecule has 30 heavy (non-hydrogen) atoms. The average Bonchev–Trinajstić information content (AvgIpc) is 3.21. The van der Waals surface area contributed by atoms with Gasteiger partial charge in [0.25, 0.3) is 0 Å². The second kappa shape index (κ2) is 7.90. The maximum atomic E-state index is 13.4. The molecule has 1 aromatic heterocycles. The maximum Gasteiger partial charge on any atom is 0.235 e. The molecule has 0 aliphatic carbocycles. The van der Waals surface area contributed by atoms with Gasteiger partial charge in [-0.1, -0.05) is 30.8 Å². The fourth-order valence-corrected chi connectivity index (χ4v) is 3.69. The third-order valence-corrected chi connectivity index (χ3v) is 5.23. The van der Waals surface area contributed by atoms with E-state index in [9.17, 15) is 4.79 Å². The van der Waals surface area contributed by atoms with Crippen LogP contribution in [0.5, 0.6) is 11.5 Å². The predicted octanol–water partition coefficient (Wildman–Crippen LogP) is 3.39. The molecule has 0 fully saturated rings. The SMILES string of the molecule is C=C1Nc2ncnn2[C@H](c2ccc(OC)c(OC)c2)[C@@H]1C(=O)Nc1ccccc1C. The zero-order chi connectivity index (χ0) is 21.3. The summed E-state index contributed by atoms with van der Waals surface area (Å²) in [5.41, 5.74) is 3.10. The van der Waals surface area contributed by atoms with Gasteiger partial charge >= 0.3 is 0 Å². The highest BCUT2D eigenvalue weighted by Gasteiger charge is 2.40. The molecule has 1 aliphatic heterocycles. The number of nitrogens with one attached hydrogen (secondary N) is 2. The first-order chi connectivity index (χ1) is 14.5. The lowest BCUT2D eigenvalue weighted by atomic mass is 9.88. The molecule has 8 nitrogen and oxygen atoms in total. The molecule has 2 N–H and O–H groups in total. The monoisotopic (exact) mass is 405 g/mol. The molecule has 1 aliphatic rings. The van der Waals surface area contributed by atoms with E-state index in [2.05, 4.69) is 27.3 Å². The van der Waals surface area contributed by atoms with Crippen LogP contribution in [0.2, 0.25) is 0 Å². The smallest absolute Gasteiger partial charge is 0.235 e. The Morgan fingerprint density at radius 3 is 2.67 bits per heavy atom. The highest BCUT2D eigenvalue weighted by Crippen LogP contribution is 2.40. The number of benzene rings is 2. The number of nitrogens with zero attached hydrogens (tertiary/aromatic N) is 3. The molecular formula is C22H23N5O3. The lowest BCUT2D eigenvalue weighted by Gasteiger charge is -2.34. The van der Waals surface area contributed by atoms with Crippen molar-refractivity contribution in [1.29, 1.82) is 0 Å². The van der Waals surface area contributed by atoms with Crippen LogP contribution in [0.4, 0.5) is 11.6 Å². The van der Waals surface area contributed by atoms with E-state index in [0.29, 0.717) is 23.1 Å². The minimum absolute atomic E-state index is 0.192. The fraction of sp³-hybridized carbons (Fsp3) is 0.227. The molecule has 0 spiro atoms. The van der Waals surface area contributed by atoms with Crippen molar-refractivity contribution in [2.45, 2.75) is 13.0 Å². The molecule has 2 aromatic carbocycles. The summed E-state index contributed by atoms with van der Waals surface area (Å²) in [6.07, 6.45) is 1.45. The van der Waals surface area contributed by atoms with Crippen molar-refractivity contribution in [2.75, 3.05) is 24.9 Å². The number of methoxy groups -OCH3 is 2. The largest absolute Gasteiger partial charge is 0.493 e. The lowest BCUT2D eigenvalue weighted by molar-refractivity contribution is -0.119. The van der Waals surface area contributed by atoms with E-state index in [1.54, 1.807) is 18.9 Å². The highest BCUT2D eigenvalue weighted by molar-refractivity contribution is 5.96. The Kier molecular flexibility index (Phi) is 5.14. The van der Waals surface area contributed by atoms with Crippen molar-refractivity contribution in [2.24, 2.45) is 5.92 Å². The summed E-state index contributed by atoms with van der Waals surface area (Å²) < 4.78 is 12.5. The molecular weight excluding hydrogens is 382 g/mol. The van der Waals surface area contributed by atoms with Gasteiger partial charge in [-0.15, -0.1) is 0 Å². The summed E-state index contributed by atoms with van der Waals surface area (Å²) in [6, 6.07) is 12.7. The number of aryl methyl sites for hydroxylation is 1. The first-order valence-electron chi connectivity index (χ1n) is 9.47. The van der Waals surface area contributed by atoms with Crippen LogP contribution in [0.25, 0.3) is 0 Å². The Labute approximate surface area is 174 Å². The third kappa shape index (κ3) is 3.36. The Bertz CT molecular complexity index is 1110. The van der Waals surface area contributed by atoms with Crippen LogP contribution in [-0.2, 0) is 4.79 Å². The van der Waals surface area contributed by atoms with Gasteiger partial charge < -0.3 is 20.1 Å². The van der Waals surface area contributed by atoms with Gasteiger partial charge in [-0.05, 0) is 36.2 Å². The van der Waals surface area contributed by atoms with Crippen molar-refractivity contribution in [1.82, 2.24) is 14.8 Å². The Morgan fingerprint density at radius 2 is 1.93 bits per heavy atom. The molecule has 0 radical (unpaired) electrons. The first kappa shape index (κ1) is 19.5. The van der Waals surface area contributed by atoms with Gasteiger partial charge in [0.15, 0.2) is 11.5 Å². The normalized spacial score (nSPS) is 17.6. The van der Waals surface area contributed by atoms with E-state index >= 15 is 0 Å². The number of rotatable bonds is 5. The minimum atomic E-state index is -0.628. The van der Waals surface area contributed by atoms with Gasteiger partial charge in [-0.25, -0.2) is 4.68 Å². The van der Waals surface area contributed by atoms with Crippen LogP contribution in [0.15, 0.2) is 61.1 Å². The van der Waals surface area contributed by atoms with Crippen LogP contribution >= 0.6 is 0 Å². The number of carbonyl (C=O) groups is 1. The molecule has 3 aromatic rings. The molecule has 2 atom stereocenters. The van der Waals surface area contributed by atoms with Gasteiger partial charge in [-0.2, -0.15) is 10.1 Å². The number of amides is 1. The fourth-order valence-electron chi connectivity index (χ4n) is 3.69. The van der Waals surface area contributed by atoms with Gasteiger partial charge in [0.2, 0.25) is 11.9 Å². The second-order valence-corrected chi connectivity index (χ2v) is 7.02. The van der Waals surface area contributed by atoms with Crippen molar-refractivity contribution in [3.8, 4) is 11.5 Å². The summed E-state index contributed by atoms with van der Waals surface area (Å²) in [6.45, 7) is 6.05. The maximum absolute atomic E-state index is 13.4. The van der Waals surface area contributed by atoms with Crippen molar-refractivity contribution in [3.63, 3.8) is 0 Å². The van der Waals surface area contributed by atoms with Gasteiger partial charge in [0.05, 0.1) is 20.3 Å². The zero-order valence-corrected chi connectivity index (χ0v) is 17.0. The number of aromatic nitrogens is 3. The molecule has 0 unspecified atom stereocenters. The summed E-state index contributed by atoms with van der Waals surface area (Å²) in [5, 5.41) is 10.5. The van der Waals surface area contributed by atoms with E-state index in [0.717, 1.165) is 16.8 Å². The van der Waals surface area contributed by atoms with Crippen LogP contribution in [0.1, 0.15) is 17.2 Å². The van der Waals surface area contributed by atoms with Gasteiger partial charge in [-0.3, -0.25) is 4.79 Å². The molecule has 0 saturated heterocycles. The second-order valence-electron chi connectivity index (χ2n) is 7.02. The highest BCUT2D eigenvalue weighted by atomic mass is 16.5. The molecule has 0 bridgehead atoms. The number of hydrogen-bond acceptors (Lipinski definition) is 6. The lowest BCUT2D eigenvalue weighted by Crippen LogP contribution is -2.39. The van der Waals surface area contributed by atoms with E-state index < -0.39 is 12.0 Å². The minimum Gasteiger partial charge on any atom is -0.493 e. The first-order valence-corrected chi connectivity index (χ1v) is 9.47. The van der Waals surface area contributed by atoms with Crippen molar-refractivity contribution >= 4 is 17.5 Å². The van der Waals surface area contributed by atoms with E-state index in [1.807, 2.05) is 49.4 Å². The van der Waals surface area contributed by atoms with Crippen LogP contribution in [0, 0.1) is 12.8 Å². The summed E-state index contributed by atoms with van der Waals surface area (Å²) in [7, 11) is 3.16. The van der Waals surface area contributed by atoms with E-state index in [4.69, 9.17) is 9.47 Å². The van der Waals surface area contributed by atoms with Gasteiger partial charge in [0.1, 0.15) is 12.2 Å². The topological polar surface area (TPSA) is 90.3 Å². The number of carbonyl (C=O) groups excluding carboxylic acids is 1. The van der Waals surface area contributed by atoms with Crippen LogP contribution < -0.4 is 20.1 Å². The molecule has 154 valence electrons. The number of fused-ring (bicyclic) bond motifs is 1. The molecule has 2 heterocycles. The molecule has 4 rings (SSSR count). The van der Waals surface area contributed by atoms with E-state index in [-0.39, 0.29) is 5.91 Å². The molecule has 8 heteroatoms. The Morgan fingerprint density at radius 1 is 1.17 bits per heavy atom. The Hall–Kier alpha value is -3.81.